The summed E-state index contributed by atoms with van der Waals surface area (Å²) in [7, 11) is 0. The Morgan fingerprint density at radius 1 is 0.588 bits per heavy atom. The molecule has 0 saturated carbocycles. The van der Waals surface area contributed by atoms with Gasteiger partial charge in [0.2, 0.25) is 0 Å². The Morgan fingerprint density at radius 3 is 2.18 bits per heavy atom. The molecule has 4 heterocycles. The van der Waals surface area contributed by atoms with Crippen molar-refractivity contribution in [3.05, 3.63) is 182 Å². The monoisotopic (exact) mass is 833 g/mol. The Hall–Kier alpha value is -6.20. The summed E-state index contributed by atoms with van der Waals surface area (Å²) in [5.74, 6) is 0.753. The maximum atomic E-state index is 6.57. The predicted octanol–water partition coefficient (Wildman–Crippen LogP) is 11.2. The molecule has 0 bridgehead atoms. The third-order valence-corrected chi connectivity index (χ3v) is 8.82. The van der Waals surface area contributed by atoms with E-state index in [-0.39, 0.29) is 20.1 Å². The van der Waals surface area contributed by atoms with Crippen molar-refractivity contribution in [3.8, 4) is 39.5 Å². The van der Waals surface area contributed by atoms with Crippen LogP contribution in [0.25, 0.3) is 83.3 Å². The van der Waals surface area contributed by atoms with Gasteiger partial charge in [0.15, 0.2) is 5.65 Å². The third kappa shape index (κ3) is 6.01. The number of aromatic nitrogens is 4. The van der Waals surface area contributed by atoms with Gasteiger partial charge in [-0.2, -0.15) is 0 Å². The zero-order valence-corrected chi connectivity index (χ0v) is 29.6. The summed E-state index contributed by atoms with van der Waals surface area (Å²) in [6, 6.07) is 59.5. The van der Waals surface area contributed by atoms with Crippen LogP contribution in [0, 0.1) is 12.1 Å². The second-order valence-corrected chi connectivity index (χ2v) is 11.9. The first-order valence-electron chi connectivity index (χ1n) is 16.4. The molecule has 0 amide bonds. The first-order valence-corrected chi connectivity index (χ1v) is 16.4. The normalized spacial score (nSPS) is 11.0. The number of pyridine rings is 2. The molecule has 51 heavy (non-hydrogen) atoms. The van der Waals surface area contributed by atoms with Crippen LogP contribution >= 0.6 is 0 Å². The Morgan fingerprint density at radius 2 is 1.37 bits per heavy atom. The van der Waals surface area contributed by atoms with Gasteiger partial charge in [-0.25, -0.2) is 4.98 Å². The Bertz CT molecular complexity index is 2710. The zero-order chi connectivity index (χ0) is 33.3. The molecule has 10 aromatic rings. The Kier molecular flexibility index (Phi) is 8.77. The standard InChI is InChI=1S/C34H20N3O.C11H8N.Ir/c1-3-10-22(11-4-1)23-18-19-27-28-16-9-17-29(32(28)38-30(27)20-23)33-36-31-26-15-8-7-12-24(26)21-35-34(31)37(33)25-13-5-2-6-14-25;1-2-6-10(7-3-1)11-8-4-5-9-12-11;/h1-16,18-21H;1-6,8-9H;/q2*-1;. The molecule has 5 nitrogen and oxygen atoms in total. The maximum absolute atomic E-state index is 6.57. The number of imidazole rings is 1. The molecule has 0 unspecified atom stereocenters. The molecule has 1 radical (unpaired) electrons. The second-order valence-electron chi connectivity index (χ2n) is 11.9. The van der Waals surface area contributed by atoms with Gasteiger partial charge in [-0.05, 0) is 41.1 Å². The van der Waals surface area contributed by atoms with Gasteiger partial charge in [0.25, 0.3) is 0 Å². The summed E-state index contributed by atoms with van der Waals surface area (Å²) in [5, 5.41) is 4.24. The van der Waals surface area contributed by atoms with E-state index >= 15 is 0 Å². The third-order valence-electron chi connectivity index (χ3n) is 8.82. The van der Waals surface area contributed by atoms with Gasteiger partial charge in [0.1, 0.15) is 11.1 Å². The van der Waals surface area contributed by atoms with Crippen molar-refractivity contribution in [2.75, 3.05) is 0 Å². The number of furan rings is 1. The molecule has 6 heteroatoms. The number of hydrogen-bond acceptors (Lipinski definition) is 4. The largest absolute Gasteiger partial charge is 0.501 e. The van der Waals surface area contributed by atoms with Crippen LogP contribution in [0.5, 0.6) is 0 Å². The van der Waals surface area contributed by atoms with Crippen molar-refractivity contribution in [2.24, 2.45) is 0 Å². The van der Waals surface area contributed by atoms with Gasteiger partial charge in [0, 0.05) is 54.3 Å². The van der Waals surface area contributed by atoms with Gasteiger partial charge < -0.3 is 14.0 Å². The molecular formula is C45H28IrN4O-2. The Balaban J connectivity index is 0.000000245. The van der Waals surface area contributed by atoms with Crippen molar-refractivity contribution in [3.63, 3.8) is 0 Å². The topological polar surface area (TPSA) is 56.7 Å². The summed E-state index contributed by atoms with van der Waals surface area (Å²) in [6.07, 6.45) is 3.70. The van der Waals surface area contributed by atoms with Crippen molar-refractivity contribution < 1.29 is 24.5 Å². The summed E-state index contributed by atoms with van der Waals surface area (Å²) >= 11 is 0. The average molecular weight is 833 g/mol. The first kappa shape index (κ1) is 32.0. The van der Waals surface area contributed by atoms with Gasteiger partial charge in [-0.1, -0.05) is 108 Å². The van der Waals surface area contributed by atoms with Crippen molar-refractivity contribution in [2.45, 2.75) is 0 Å². The molecule has 0 aliphatic heterocycles. The molecule has 6 aromatic carbocycles. The number of para-hydroxylation sites is 1. The van der Waals surface area contributed by atoms with Crippen LogP contribution in [0.4, 0.5) is 0 Å². The van der Waals surface area contributed by atoms with E-state index in [4.69, 9.17) is 14.4 Å². The molecule has 245 valence electrons. The minimum absolute atomic E-state index is 0. The van der Waals surface area contributed by atoms with E-state index < -0.39 is 0 Å². The smallest absolute Gasteiger partial charge is 0.156 e. The van der Waals surface area contributed by atoms with Crippen LogP contribution in [0.2, 0.25) is 0 Å². The van der Waals surface area contributed by atoms with Crippen molar-refractivity contribution >= 4 is 43.9 Å². The fraction of sp³-hybridized carbons (Fsp3) is 0. The van der Waals surface area contributed by atoms with E-state index in [1.165, 1.54) is 0 Å². The molecule has 0 spiro atoms. The number of nitrogens with zero attached hydrogens (tertiary/aromatic N) is 4. The van der Waals surface area contributed by atoms with Crippen molar-refractivity contribution in [1.29, 1.82) is 0 Å². The summed E-state index contributed by atoms with van der Waals surface area (Å²) in [4.78, 5) is 14.3. The minimum Gasteiger partial charge on any atom is -0.501 e. The van der Waals surface area contributed by atoms with Crippen LogP contribution in [0.3, 0.4) is 0 Å². The van der Waals surface area contributed by atoms with E-state index in [9.17, 15) is 0 Å². The summed E-state index contributed by atoms with van der Waals surface area (Å²) < 4.78 is 8.68. The van der Waals surface area contributed by atoms with Gasteiger partial charge in [-0.15, -0.1) is 54.1 Å². The fourth-order valence-electron chi connectivity index (χ4n) is 6.45. The molecule has 0 aliphatic rings. The average Bonchev–Trinajstić information content (AvgIpc) is 3.78. The molecule has 10 rings (SSSR count). The van der Waals surface area contributed by atoms with Crippen LogP contribution in [-0.2, 0) is 20.1 Å². The molecule has 0 aliphatic carbocycles. The fourth-order valence-corrected chi connectivity index (χ4v) is 6.45. The summed E-state index contributed by atoms with van der Waals surface area (Å²) in [5.41, 5.74) is 9.35. The number of rotatable bonds is 4. The van der Waals surface area contributed by atoms with Gasteiger partial charge in [0.05, 0.1) is 11.4 Å². The quantitative estimate of drug-likeness (QED) is 0.166. The van der Waals surface area contributed by atoms with Crippen LogP contribution in [0.1, 0.15) is 0 Å². The van der Waals surface area contributed by atoms with Gasteiger partial charge in [-0.3, -0.25) is 4.98 Å². The molecule has 0 N–H and O–H groups in total. The summed E-state index contributed by atoms with van der Waals surface area (Å²) in [6.45, 7) is 0. The predicted molar refractivity (Wildman–Crippen MR) is 202 cm³/mol. The van der Waals surface area contributed by atoms with Crippen molar-refractivity contribution in [1.82, 2.24) is 19.5 Å². The molecule has 0 atom stereocenters. The molecule has 0 saturated heterocycles. The second kappa shape index (κ2) is 14.0. The first-order chi connectivity index (χ1) is 24.8. The van der Waals surface area contributed by atoms with E-state index in [2.05, 4.69) is 94.5 Å². The van der Waals surface area contributed by atoms with E-state index in [0.29, 0.717) is 0 Å². The Labute approximate surface area is 308 Å². The number of benzene rings is 6. The van der Waals surface area contributed by atoms with E-state index in [0.717, 1.165) is 83.3 Å². The van der Waals surface area contributed by atoms with E-state index in [1.807, 2.05) is 91.1 Å². The molecule has 0 fully saturated rings. The minimum atomic E-state index is 0. The van der Waals surface area contributed by atoms with Crippen LogP contribution in [0.15, 0.2) is 175 Å². The molecular weight excluding hydrogens is 805 g/mol. The van der Waals surface area contributed by atoms with Gasteiger partial charge >= 0.3 is 0 Å². The maximum Gasteiger partial charge on any atom is 0.156 e. The number of fused-ring (bicyclic) bond motifs is 6. The zero-order valence-electron chi connectivity index (χ0n) is 27.2. The van der Waals surface area contributed by atoms with Crippen LogP contribution in [-0.4, -0.2) is 19.5 Å². The van der Waals surface area contributed by atoms with Crippen LogP contribution < -0.4 is 0 Å². The number of hydrogen-bond donors (Lipinski definition) is 0. The SMILES string of the molecule is [Ir].[c-]1ccc2c(oc3cc(-c4ccccc4)ccc32)c1-c1nc2c3ccccc3cnc2n1-c1ccccc1.[c-]1ccccc1-c1ccccn1. The molecule has 4 aromatic heterocycles. The van der Waals surface area contributed by atoms with E-state index in [1.54, 1.807) is 6.20 Å².